The minimum Gasteiger partial charge on any atom is -0.361 e. The van der Waals surface area contributed by atoms with Gasteiger partial charge in [-0.2, -0.15) is 5.10 Å². The first-order valence-electron chi connectivity index (χ1n) is 7.24. The Morgan fingerprint density at radius 3 is 2.52 bits per heavy atom. The number of aromatic nitrogens is 1. The molecular weight excluding hydrogens is 296 g/mol. The quantitative estimate of drug-likeness (QED) is 0.907. The van der Waals surface area contributed by atoms with Gasteiger partial charge in [-0.3, -0.25) is 9.59 Å². The van der Waals surface area contributed by atoms with Gasteiger partial charge < -0.3 is 9.84 Å². The van der Waals surface area contributed by atoms with Crippen LogP contribution in [0.25, 0.3) is 11.1 Å². The molecule has 7 heteroatoms. The Labute approximate surface area is 132 Å². The van der Waals surface area contributed by atoms with Gasteiger partial charge in [0.1, 0.15) is 11.5 Å². The Morgan fingerprint density at radius 2 is 1.96 bits per heavy atom. The SMILES string of the molecule is Cc1noc(C)c1-c1ccc(NC(=O)C2=NNC(=O)CC2)cc1. The Morgan fingerprint density at radius 1 is 1.22 bits per heavy atom. The number of nitrogens with one attached hydrogen (secondary N) is 2. The molecule has 2 aromatic rings. The number of aryl methyl sites for hydroxylation is 2. The average molecular weight is 312 g/mol. The zero-order chi connectivity index (χ0) is 16.4. The Balaban J connectivity index is 1.73. The van der Waals surface area contributed by atoms with Crippen LogP contribution in [0.2, 0.25) is 0 Å². The van der Waals surface area contributed by atoms with E-state index in [0.29, 0.717) is 17.8 Å². The molecule has 23 heavy (non-hydrogen) atoms. The molecule has 3 rings (SSSR count). The number of rotatable bonds is 3. The maximum atomic E-state index is 12.1. The van der Waals surface area contributed by atoms with Gasteiger partial charge in [-0.15, -0.1) is 0 Å². The normalized spacial score (nSPS) is 14.2. The van der Waals surface area contributed by atoms with Crippen molar-refractivity contribution in [3.8, 4) is 11.1 Å². The lowest BCUT2D eigenvalue weighted by Gasteiger charge is -2.12. The highest BCUT2D eigenvalue weighted by molar-refractivity contribution is 6.43. The molecule has 0 aliphatic carbocycles. The van der Waals surface area contributed by atoms with Gasteiger partial charge in [0.05, 0.1) is 5.69 Å². The summed E-state index contributed by atoms with van der Waals surface area (Å²) in [5, 5.41) is 10.5. The summed E-state index contributed by atoms with van der Waals surface area (Å²) >= 11 is 0. The average Bonchev–Trinajstić information content (AvgIpc) is 2.88. The third kappa shape index (κ3) is 3.13. The topological polar surface area (TPSA) is 96.6 Å². The summed E-state index contributed by atoms with van der Waals surface area (Å²) in [5.41, 5.74) is 6.05. The van der Waals surface area contributed by atoms with E-state index in [4.69, 9.17) is 4.52 Å². The summed E-state index contributed by atoms with van der Waals surface area (Å²) < 4.78 is 5.16. The molecule has 118 valence electrons. The fourth-order valence-corrected chi connectivity index (χ4v) is 2.46. The summed E-state index contributed by atoms with van der Waals surface area (Å²) in [6, 6.07) is 7.40. The summed E-state index contributed by atoms with van der Waals surface area (Å²) in [5.74, 6) is 0.270. The molecule has 2 heterocycles. The summed E-state index contributed by atoms with van der Waals surface area (Å²) in [6.07, 6.45) is 0.617. The molecule has 0 spiro atoms. The van der Waals surface area contributed by atoms with E-state index in [1.165, 1.54) is 0 Å². The number of benzene rings is 1. The zero-order valence-electron chi connectivity index (χ0n) is 12.8. The summed E-state index contributed by atoms with van der Waals surface area (Å²) in [4.78, 5) is 23.1. The second-order valence-corrected chi connectivity index (χ2v) is 5.32. The first-order chi connectivity index (χ1) is 11.0. The maximum absolute atomic E-state index is 12.1. The van der Waals surface area contributed by atoms with Crippen LogP contribution in [0, 0.1) is 13.8 Å². The van der Waals surface area contributed by atoms with Crippen molar-refractivity contribution < 1.29 is 14.1 Å². The predicted octanol–water partition coefficient (Wildman–Crippen LogP) is 2.16. The summed E-state index contributed by atoms with van der Waals surface area (Å²) in [7, 11) is 0. The number of hydrogen-bond acceptors (Lipinski definition) is 5. The largest absolute Gasteiger partial charge is 0.361 e. The lowest BCUT2D eigenvalue weighted by Crippen LogP contribution is -2.32. The Bertz CT molecular complexity index is 771. The van der Waals surface area contributed by atoms with Crippen LogP contribution >= 0.6 is 0 Å². The maximum Gasteiger partial charge on any atom is 0.271 e. The van der Waals surface area contributed by atoms with Gasteiger partial charge in [-0.05, 0) is 31.5 Å². The smallest absolute Gasteiger partial charge is 0.271 e. The number of carbonyl (C=O) groups is 2. The fraction of sp³-hybridized carbons (Fsp3) is 0.250. The highest BCUT2D eigenvalue weighted by Gasteiger charge is 2.18. The van der Waals surface area contributed by atoms with Crippen LogP contribution < -0.4 is 10.7 Å². The van der Waals surface area contributed by atoms with E-state index in [0.717, 1.165) is 22.6 Å². The first-order valence-corrected chi connectivity index (χ1v) is 7.24. The van der Waals surface area contributed by atoms with Gasteiger partial charge >= 0.3 is 0 Å². The van der Waals surface area contributed by atoms with Crippen LogP contribution in [0.4, 0.5) is 5.69 Å². The van der Waals surface area contributed by atoms with Crippen LogP contribution in [-0.4, -0.2) is 22.7 Å². The number of amides is 2. The number of nitrogens with zero attached hydrogens (tertiary/aromatic N) is 2. The number of anilines is 1. The highest BCUT2D eigenvalue weighted by atomic mass is 16.5. The van der Waals surface area contributed by atoms with Gasteiger partial charge in [-0.1, -0.05) is 17.3 Å². The van der Waals surface area contributed by atoms with Crippen molar-refractivity contribution in [1.29, 1.82) is 0 Å². The number of carbonyl (C=O) groups excluding carboxylic acids is 2. The van der Waals surface area contributed by atoms with Crippen LogP contribution in [0.3, 0.4) is 0 Å². The van der Waals surface area contributed by atoms with Gasteiger partial charge in [0.25, 0.3) is 5.91 Å². The second-order valence-electron chi connectivity index (χ2n) is 5.32. The Kier molecular flexibility index (Phi) is 3.92. The van der Waals surface area contributed by atoms with E-state index in [-0.39, 0.29) is 18.2 Å². The van der Waals surface area contributed by atoms with E-state index in [9.17, 15) is 9.59 Å². The molecule has 0 unspecified atom stereocenters. The van der Waals surface area contributed by atoms with Crippen molar-refractivity contribution >= 4 is 23.2 Å². The van der Waals surface area contributed by atoms with E-state index >= 15 is 0 Å². The van der Waals surface area contributed by atoms with Crippen LogP contribution in [0.15, 0.2) is 33.9 Å². The molecule has 1 aliphatic rings. The molecule has 1 aromatic carbocycles. The lowest BCUT2D eigenvalue weighted by molar-refractivity contribution is -0.121. The first kappa shape index (κ1) is 15.0. The van der Waals surface area contributed by atoms with Crippen LogP contribution in [-0.2, 0) is 9.59 Å². The van der Waals surface area contributed by atoms with Crippen LogP contribution in [0.5, 0.6) is 0 Å². The molecule has 0 saturated heterocycles. The zero-order valence-corrected chi connectivity index (χ0v) is 12.8. The molecule has 0 saturated carbocycles. The Hall–Kier alpha value is -2.96. The van der Waals surface area contributed by atoms with E-state index in [1.54, 1.807) is 12.1 Å². The van der Waals surface area contributed by atoms with Crippen molar-refractivity contribution in [3.05, 3.63) is 35.7 Å². The summed E-state index contributed by atoms with van der Waals surface area (Å²) in [6.45, 7) is 3.75. The highest BCUT2D eigenvalue weighted by Crippen LogP contribution is 2.27. The minimum absolute atomic E-state index is 0.176. The molecule has 2 N–H and O–H groups in total. The van der Waals surface area contributed by atoms with E-state index < -0.39 is 0 Å². The van der Waals surface area contributed by atoms with Crippen molar-refractivity contribution in [2.45, 2.75) is 26.7 Å². The molecule has 0 bridgehead atoms. The van der Waals surface area contributed by atoms with Gasteiger partial charge in [-0.25, -0.2) is 5.43 Å². The van der Waals surface area contributed by atoms with Crippen molar-refractivity contribution in [1.82, 2.24) is 10.6 Å². The molecule has 7 nitrogen and oxygen atoms in total. The van der Waals surface area contributed by atoms with Crippen molar-refractivity contribution in [2.24, 2.45) is 5.10 Å². The monoisotopic (exact) mass is 312 g/mol. The molecule has 1 aromatic heterocycles. The lowest BCUT2D eigenvalue weighted by atomic mass is 10.0. The number of hydrazone groups is 1. The second kappa shape index (κ2) is 6.04. The van der Waals surface area contributed by atoms with E-state index in [2.05, 4.69) is 21.0 Å². The number of hydrogen-bond donors (Lipinski definition) is 2. The molecule has 2 amide bonds. The van der Waals surface area contributed by atoms with Crippen LogP contribution in [0.1, 0.15) is 24.3 Å². The molecule has 0 atom stereocenters. The van der Waals surface area contributed by atoms with Gasteiger partial charge in [0, 0.05) is 24.1 Å². The van der Waals surface area contributed by atoms with E-state index in [1.807, 2.05) is 26.0 Å². The third-order valence-electron chi connectivity index (χ3n) is 3.63. The molecule has 1 aliphatic heterocycles. The molecular formula is C16H16N4O3. The molecule has 0 radical (unpaired) electrons. The standard InChI is InChI=1S/C16H16N4O3/c1-9-15(10(2)23-20-9)11-3-5-12(6-4-11)17-16(22)13-7-8-14(21)19-18-13/h3-6H,7-8H2,1-2H3,(H,17,22)(H,19,21). The van der Waals surface area contributed by atoms with Crippen molar-refractivity contribution in [2.75, 3.05) is 5.32 Å². The minimum atomic E-state index is -0.310. The predicted molar refractivity (Wildman–Crippen MR) is 84.9 cm³/mol. The van der Waals surface area contributed by atoms with Gasteiger partial charge in [0.15, 0.2) is 0 Å². The fourth-order valence-electron chi connectivity index (χ4n) is 2.46. The molecule has 0 fully saturated rings. The third-order valence-corrected chi connectivity index (χ3v) is 3.63. The van der Waals surface area contributed by atoms with Gasteiger partial charge in [0.2, 0.25) is 5.91 Å². The van der Waals surface area contributed by atoms with Crippen molar-refractivity contribution in [3.63, 3.8) is 0 Å².